The SMILES string of the molecule is O=C(CCC/C=C\C[C@@H]1[C@@H](/C=C/[C@@H](O)COc2cccc(C(F)(F)F)c2)[C@H](O)C[C@@H]1O)NCCCCON(O)O. The van der Waals surface area contributed by atoms with E-state index in [1.807, 2.05) is 12.2 Å². The quantitative estimate of drug-likeness (QED) is 0.0931. The van der Waals surface area contributed by atoms with Gasteiger partial charge in [0.2, 0.25) is 5.91 Å². The summed E-state index contributed by atoms with van der Waals surface area (Å²) in [7, 11) is 0. The van der Waals surface area contributed by atoms with Crippen LogP contribution in [0.5, 0.6) is 5.75 Å². The molecule has 5 atom stereocenters. The van der Waals surface area contributed by atoms with Gasteiger partial charge in [-0.05, 0) is 56.2 Å². The lowest BCUT2D eigenvalue weighted by Crippen LogP contribution is -2.24. The highest BCUT2D eigenvalue weighted by Crippen LogP contribution is 2.36. The van der Waals surface area contributed by atoms with Crippen molar-refractivity contribution in [3.63, 3.8) is 0 Å². The first kappa shape index (κ1) is 33.7. The molecule has 6 N–H and O–H groups in total. The number of carbonyl (C=O) groups excluding carboxylic acids is 1. The van der Waals surface area contributed by atoms with Crippen LogP contribution in [0.1, 0.15) is 50.5 Å². The predicted molar refractivity (Wildman–Crippen MR) is 137 cm³/mol. The number of hydrogen-bond acceptors (Lipinski definition) is 9. The molecule has 1 amide bonds. The molecule has 0 heterocycles. The van der Waals surface area contributed by atoms with Crippen LogP contribution in [0.2, 0.25) is 0 Å². The van der Waals surface area contributed by atoms with Crippen LogP contribution in [0.25, 0.3) is 0 Å². The third-order valence-electron chi connectivity index (χ3n) is 6.50. The van der Waals surface area contributed by atoms with Crippen molar-refractivity contribution >= 4 is 5.91 Å². The fraction of sp³-hybridized carbons (Fsp3) is 0.593. The highest BCUT2D eigenvalue weighted by Gasteiger charge is 2.39. The highest BCUT2D eigenvalue weighted by atomic mass is 19.4. The third kappa shape index (κ3) is 12.8. The summed E-state index contributed by atoms with van der Waals surface area (Å²) in [6.45, 7) is 0.301. The van der Waals surface area contributed by atoms with E-state index in [0.717, 1.165) is 12.1 Å². The maximum Gasteiger partial charge on any atom is 0.416 e. The van der Waals surface area contributed by atoms with Gasteiger partial charge >= 0.3 is 6.18 Å². The molecule has 0 radical (unpaired) electrons. The molecule has 0 aliphatic heterocycles. The lowest BCUT2D eigenvalue weighted by Gasteiger charge is -2.19. The van der Waals surface area contributed by atoms with Crippen LogP contribution < -0.4 is 10.1 Å². The number of nitrogens with zero attached hydrogens (tertiary/aromatic N) is 1. The van der Waals surface area contributed by atoms with Gasteiger partial charge in [0.15, 0.2) is 0 Å². The average Bonchev–Trinajstić information content (AvgIpc) is 3.16. The molecule has 2 rings (SSSR count). The summed E-state index contributed by atoms with van der Waals surface area (Å²) < 4.78 is 43.8. The van der Waals surface area contributed by atoms with Crippen molar-refractivity contribution in [3.05, 3.63) is 54.1 Å². The Morgan fingerprint density at radius 1 is 1.15 bits per heavy atom. The van der Waals surface area contributed by atoms with E-state index in [0.29, 0.717) is 45.1 Å². The van der Waals surface area contributed by atoms with Crippen LogP contribution in [0.4, 0.5) is 13.2 Å². The van der Waals surface area contributed by atoms with Gasteiger partial charge in [0, 0.05) is 25.3 Å². The van der Waals surface area contributed by atoms with Crippen LogP contribution in [-0.2, 0) is 15.8 Å². The molecular formula is C27H39F3N2O8. The number of ether oxygens (including phenoxy) is 1. The van der Waals surface area contributed by atoms with Crippen molar-refractivity contribution in [2.45, 2.75) is 69.4 Å². The number of alkyl halides is 3. The lowest BCUT2D eigenvalue weighted by molar-refractivity contribution is -0.492. The van der Waals surface area contributed by atoms with E-state index in [1.54, 1.807) is 6.08 Å². The highest BCUT2D eigenvalue weighted by molar-refractivity contribution is 5.75. The Balaban J connectivity index is 1.70. The molecule has 1 aromatic rings. The standard InChI is InChI=1S/C27H39F3N2O8/c28-27(29,30)19-8-7-9-21(16-19)39-18-20(33)12-13-23-22(24(34)17-25(23)35)10-3-1-2-4-11-26(36)31-14-5-6-15-40-32(37)38/h1,3,7-9,12-13,16,20,22-25,33-35,37-38H,2,4-6,10-11,14-15,17-18H2,(H,31,36)/b3-1-,13-12+/t20-,22-,23-,24+,25-/m1/s1. The minimum Gasteiger partial charge on any atom is -0.491 e. The van der Waals surface area contributed by atoms with Gasteiger partial charge in [-0.25, -0.2) is 0 Å². The van der Waals surface area contributed by atoms with Crippen molar-refractivity contribution in [1.82, 2.24) is 10.7 Å². The zero-order chi connectivity index (χ0) is 29.5. The second kappa shape index (κ2) is 17.3. The van der Waals surface area contributed by atoms with Gasteiger partial charge in [0.1, 0.15) is 18.5 Å². The second-order valence-electron chi connectivity index (χ2n) is 9.64. The number of aliphatic hydroxyl groups is 3. The molecule has 0 spiro atoms. The average molecular weight is 577 g/mol. The van der Waals surface area contributed by atoms with E-state index in [9.17, 15) is 33.3 Å². The number of unbranched alkanes of at least 4 members (excludes halogenated alkanes) is 2. The van der Waals surface area contributed by atoms with Crippen molar-refractivity contribution in [2.24, 2.45) is 11.8 Å². The fourth-order valence-electron chi connectivity index (χ4n) is 4.40. The summed E-state index contributed by atoms with van der Waals surface area (Å²) in [5, 5.41) is 50.2. The summed E-state index contributed by atoms with van der Waals surface area (Å²) in [5.74, 6) is -0.814. The van der Waals surface area contributed by atoms with Crippen LogP contribution >= 0.6 is 0 Å². The zero-order valence-electron chi connectivity index (χ0n) is 22.1. The van der Waals surface area contributed by atoms with E-state index in [2.05, 4.69) is 10.2 Å². The first-order chi connectivity index (χ1) is 19.0. The minimum atomic E-state index is -4.50. The molecular weight excluding hydrogens is 537 g/mol. The van der Waals surface area contributed by atoms with E-state index in [1.165, 1.54) is 18.2 Å². The van der Waals surface area contributed by atoms with Crippen molar-refractivity contribution in [1.29, 1.82) is 0 Å². The zero-order valence-corrected chi connectivity index (χ0v) is 22.1. The molecule has 1 saturated carbocycles. The third-order valence-corrected chi connectivity index (χ3v) is 6.50. The Hall–Kier alpha value is -2.52. The lowest BCUT2D eigenvalue weighted by atomic mass is 9.89. The van der Waals surface area contributed by atoms with Gasteiger partial charge in [-0.15, -0.1) is 0 Å². The predicted octanol–water partition coefficient (Wildman–Crippen LogP) is 3.38. The molecule has 40 heavy (non-hydrogen) atoms. The monoisotopic (exact) mass is 576 g/mol. The summed E-state index contributed by atoms with van der Waals surface area (Å²) in [6.07, 6.45) is 3.15. The minimum absolute atomic E-state index is 0.0246. The van der Waals surface area contributed by atoms with Gasteiger partial charge in [-0.1, -0.05) is 30.4 Å². The number of halogens is 3. The normalized spacial score (nSPS) is 22.4. The summed E-state index contributed by atoms with van der Waals surface area (Å²) in [4.78, 5) is 16.3. The second-order valence-corrected chi connectivity index (χ2v) is 9.64. The van der Waals surface area contributed by atoms with E-state index in [-0.39, 0.29) is 42.6 Å². The number of carbonyl (C=O) groups is 1. The van der Waals surface area contributed by atoms with Crippen molar-refractivity contribution in [2.75, 3.05) is 19.8 Å². The molecule has 0 aromatic heterocycles. The first-order valence-electron chi connectivity index (χ1n) is 13.2. The molecule has 226 valence electrons. The summed E-state index contributed by atoms with van der Waals surface area (Å²) >= 11 is 0. The van der Waals surface area contributed by atoms with Gasteiger partial charge in [0.05, 0.1) is 29.8 Å². The maximum atomic E-state index is 12.8. The smallest absolute Gasteiger partial charge is 0.416 e. The number of aliphatic hydroxyl groups excluding tert-OH is 3. The largest absolute Gasteiger partial charge is 0.491 e. The molecule has 13 heteroatoms. The van der Waals surface area contributed by atoms with Crippen LogP contribution in [0.3, 0.4) is 0 Å². The molecule has 0 saturated heterocycles. The van der Waals surface area contributed by atoms with Gasteiger partial charge in [-0.2, -0.15) is 13.2 Å². The van der Waals surface area contributed by atoms with Gasteiger partial charge in [0.25, 0.3) is 0 Å². The maximum absolute atomic E-state index is 12.8. The van der Waals surface area contributed by atoms with Crippen LogP contribution in [0.15, 0.2) is 48.6 Å². The number of rotatable bonds is 17. The molecule has 1 fully saturated rings. The molecule has 10 nitrogen and oxygen atoms in total. The number of hydrogen-bond donors (Lipinski definition) is 6. The van der Waals surface area contributed by atoms with Crippen molar-refractivity contribution < 1.29 is 53.3 Å². The van der Waals surface area contributed by atoms with Gasteiger partial charge in [-0.3, -0.25) is 20.0 Å². The number of nitrogens with one attached hydrogen (secondary N) is 1. The number of allylic oxidation sites excluding steroid dienone is 2. The van der Waals surface area contributed by atoms with Crippen LogP contribution in [0, 0.1) is 11.8 Å². The molecule has 0 bridgehead atoms. The van der Waals surface area contributed by atoms with Crippen molar-refractivity contribution in [3.8, 4) is 5.75 Å². The van der Waals surface area contributed by atoms with E-state index in [4.69, 9.17) is 15.2 Å². The molecule has 1 aromatic carbocycles. The Morgan fingerprint density at radius 2 is 1.93 bits per heavy atom. The van der Waals surface area contributed by atoms with E-state index < -0.39 is 36.0 Å². The molecule has 0 unspecified atom stereocenters. The fourth-order valence-corrected chi connectivity index (χ4v) is 4.40. The first-order valence-corrected chi connectivity index (χ1v) is 13.2. The topological polar surface area (TPSA) is 152 Å². The number of benzene rings is 1. The Morgan fingerprint density at radius 3 is 2.65 bits per heavy atom. The molecule has 1 aliphatic carbocycles. The Labute approximate surface area is 231 Å². The van der Waals surface area contributed by atoms with Crippen LogP contribution in [-0.4, -0.2) is 75.1 Å². The summed E-state index contributed by atoms with van der Waals surface area (Å²) in [6, 6.07) is 4.36. The van der Waals surface area contributed by atoms with E-state index >= 15 is 0 Å². The Kier molecular flexibility index (Phi) is 14.6. The number of amides is 1. The Bertz CT molecular complexity index is 945. The summed E-state index contributed by atoms with van der Waals surface area (Å²) in [5.41, 5.74) is -0.851. The molecule has 1 aliphatic rings. The van der Waals surface area contributed by atoms with Gasteiger partial charge < -0.3 is 25.4 Å².